The van der Waals surface area contributed by atoms with Crippen molar-refractivity contribution in [1.29, 1.82) is 0 Å². The molecule has 1 fully saturated rings. The smallest absolute Gasteiger partial charge is 0.304 e. The third-order valence-electron chi connectivity index (χ3n) is 3.17. The first-order valence-corrected chi connectivity index (χ1v) is 8.40. The lowest BCUT2D eigenvalue weighted by atomic mass is 10.1. The van der Waals surface area contributed by atoms with Crippen molar-refractivity contribution < 1.29 is 13.2 Å². The lowest BCUT2D eigenvalue weighted by molar-refractivity contribution is -0.118. The number of hydrogen-bond acceptors (Lipinski definition) is 4. The molecule has 2 N–H and O–H groups in total. The summed E-state index contributed by atoms with van der Waals surface area (Å²) in [6.07, 6.45) is 0. The van der Waals surface area contributed by atoms with Crippen LogP contribution < -0.4 is 10.0 Å². The van der Waals surface area contributed by atoms with Crippen molar-refractivity contribution in [2.24, 2.45) is 5.92 Å². The van der Waals surface area contributed by atoms with E-state index in [4.69, 9.17) is 0 Å². The van der Waals surface area contributed by atoms with E-state index in [1.165, 1.54) is 0 Å². The van der Waals surface area contributed by atoms with E-state index in [1.54, 1.807) is 0 Å². The van der Waals surface area contributed by atoms with Gasteiger partial charge in [-0.3, -0.25) is 4.79 Å². The second-order valence-corrected chi connectivity index (χ2v) is 7.31. The van der Waals surface area contributed by atoms with Gasteiger partial charge in [0.15, 0.2) is 0 Å². The zero-order valence-electron chi connectivity index (χ0n) is 12.3. The molecule has 0 unspecified atom stereocenters. The Hall–Kier alpha value is -1.44. The maximum atomic E-state index is 11.6. The van der Waals surface area contributed by atoms with E-state index in [1.807, 2.05) is 29.0 Å². The lowest BCUT2D eigenvalue weighted by Gasteiger charge is -2.13. The molecule has 0 bridgehead atoms. The summed E-state index contributed by atoms with van der Waals surface area (Å²) in [5.74, 6) is 0.124. The minimum Gasteiger partial charge on any atom is -0.312 e. The molecule has 1 aliphatic heterocycles. The Morgan fingerprint density at radius 3 is 2.38 bits per heavy atom. The van der Waals surface area contributed by atoms with E-state index in [9.17, 15) is 13.2 Å². The van der Waals surface area contributed by atoms with E-state index >= 15 is 0 Å². The third kappa shape index (κ3) is 4.52. The highest BCUT2D eigenvalue weighted by atomic mass is 32.2. The van der Waals surface area contributed by atoms with Crippen LogP contribution >= 0.6 is 0 Å². The van der Waals surface area contributed by atoms with Gasteiger partial charge in [0, 0.05) is 13.1 Å². The molecule has 6 nitrogen and oxygen atoms in total. The number of nitrogens with zero attached hydrogens (tertiary/aromatic N) is 1. The number of nitrogens with one attached hydrogen (secondary N) is 2. The average molecular weight is 311 g/mol. The standard InChI is InChI=1S/C14H21N3O3S/c1-11(2)7-15-8-12-3-5-13(6-4-12)9-17-10-14(18)16-21(17,19)20/h3-6,11,15H,7-10H2,1-2H3,(H,16,18). The van der Waals surface area contributed by atoms with Gasteiger partial charge in [-0.25, -0.2) is 4.72 Å². The van der Waals surface area contributed by atoms with Gasteiger partial charge in [0.2, 0.25) is 5.91 Å². The summed E-state index contributed by atoms with van der Waals surface area (Å²) in [5, 5.41) is 3.35. The minimum absolute atomic E-state index is 0.111. The summed E-state index contributed by atoms with van der Waals surface area (Å²) in [6.45, 7) is 6.16. The van der Waals surface area contributed by atoms with E-state index < -0.39 is 16.1 Å². The molecule has 0 radical (unpaired) electrons. The molecule has 0 aliphatic carbocycles. The van der Waals surface area contributed by atoms with Gasteiger partial charge in [0.1, 0.15) is 0 Å². The molecule has 116 valence electrons. The highest BCUT2D eigenvalue weighted by Gasteiger charge is 2.33. The monoisotopic (exact) mass is 311 g/mol. The Morgan fingerprint density at radius 2 is 1.86 bits per heavy atom. The number of rotatable bonds is 6. The molecule has 7 heteroatoms. The molecule has 0 atom stereocenters. The summed E-state index contributed by atoms with van der Waals surface area (Å²) in [4.78, 5) is 11.1. The molecular weight excluding hydrogens is 290 g/mol. The molecule has 1 saturated heterocycles. The first-order valence-electron chi connectivity index (χ1n) is 6.96. The first kappa shape index (κ1) is 15.9. The van der Waals surface area contributed by atoms with E-state index in [-0.39, 0.29) is 13.1 Å². The average Bonchev–Trinajstić information content (AvgIpc) is 2.64. The Kier molecular flexibility index (Phi) is 4.97. The topological polar surface area (TPSA) is 78.5 Å². The molecule has 0 saturated carbocycles. The zero-order valence-corrected chi connectivity index (χ0v) is 13.1. The maximum absolute atomic E-state index is 11.6. The maximum Gasteiger partial charge on any atom is 0.304 e. The SMILES string of the molecule is CC(C)CNCc1ccc(CN2CC(=O)NS2(=O)=O)cc1. The largest absolute Gasteiger partial charge is 0.312 e. The third-order valence-corrected chi connectivity index (χ3v) is 4.59. The molecule has 0 spiro atoms. The Morgan fingerprint density at radius 1 is 1.24 bits per heavy atom. The fourth-order valence-corrected chi connectivity index (χ4v) is 3.19. The summed E-state index contributed by atoms with van der Waals surface area (Å²) in [7, 11) is -3.65. The van der Waals surface area contributed by atoms with Crippen molar-refractivity contribution in [1.82, 2.24) is 14.3 Å². The summed E-state index contributed by atoms with van der Waals surface area (Å²) in [6, 6.07) is 7.73. The second kappa shape index (κ2) is 6.55. The molecule has 1 aliphatic rings. The Bertz CT molecular complexity index is 596. The van der Waals surface area contributed by atoms with Crippen LogP contribution in [0.5, 0.6) is 0 Å². The fraction of sp³-hybridized carbons (Fsp3) is 0.500. The Labute approximate surface area is 125 Å². The van der Waals surface area contributed by atoms with Gasteiger partial charge in [-0.1, -0.05) is 38.1 Å². The van der Waals surface area contributed by atoms with Crippen LogP contribution in [0, 0.1) is 5.92 Å². The van der Waals surface area contributed by atoms with Crippen molar-refractivity contribution in [3.8, 4) is 0 Å². The molecule has 2 rings (SSSR count). The highest BCUT2D eigenvalue weighted by molar-refractivity contribution is 7.88. The molecule has 1 aromatic carbocycles. The summed E-state index contributed by atoms with van der Waals surface area (Å²) in [5.41, 5.74) is 2.01. The van der Waals surface area contributed by atoms with Crippen LogP contribution in [0.3, 0.4) is 0 Å². The second-order valence-electron chi connectivity index (χ2n) is 5.64. The van der Waals surface area contributed by atoms with Crippen molar-refractivity contribution in [3.63, 3.8) is 0 Å². The van der Waals surface area contributed by atoms with Crippen molar-refractivity contribution in [2.45, 2.75) is 26.9 Å². The van der Waals surface area contributed by atoms with Gasteiger partial charge in [0.05, 0.1) is 6.54 Å². The minimum atomic E-state index is -3.65. The van der Waals surface area contributed by atoms with Gasteiger partial charge in [-0.05, 0) is 23.6 Å². The van der Waals surface area contributed by atoms with Crippen molar-refractivity contribution in [3.05, 3.63) is 35.4 Å². The number of carbonyl (C=O) groups excluding carboxylic acids is 1. The molecule has 21 heavy (non-hydrogen) atoms. The van der Waals surface area contributed by atoms with Gasteiger partial charge >= 0.3 is 10.2 Å². The number of carbonyl (C=O) groups is 1. The molecular formula is C14H21N3O3S. The quantitative estimate of drug-likeness (QED) is 0.807. The number of benzene rings is 1. The predicted molar refractivity (Wildman–Crippen MR) is 80.5 cm³/mol. The molecule has 1 heterocycles. The Balaban J connectivity index is 1.92. The van der Waals surface area contributed by atoms with Crippen molar-refractivity contribution in [2.75, 3.05) is 13.1 Å². The van der Waals surface area contributed by atoms with Gasteiger partial charge in [-0.15, -0.1) is 0 Å². The number of amides is 1. The van der Waals surface area contributed by atoms with Crippen LogP contribution in [-0.4, -0.2) is 31.7 Å². The van der Waals surface area contributed by atoms with E-state index in [2.05, 4.69) is 19.2 Å². The van der Waals surface area contributed by atoms with Crippen LogP contribution in [0.15, 0.2) is 24.3 Å². The van der Waals surface area contributed by atoms with Crippen LogP contribution in [0.1, 0.15) is 25.0 Å². The van der Waals surface area contributed by atoms with Crippen LogP contribution in [-0.2, 0) is 28.1 Å². The van der Waals surface area contributed by atoms with E-state index in [0.29, 0.717) is 5.92 Å². The zero-order chi connectivity index (χ0) is 15.5. The van der Waals surface area contributed by atoms with Crippen molar-refractivity contribution >= 4 is 16.1 Å². The summed E-state index contributed by atoms with van der Waals surface area (Å²) >= 11 is 0. The van der Waals surface area contributed by atoms with Crippen LogP contribution in [0.2, 0.25) is 0 Å². The highest BCUT2D eigenvalue weighted by Crippen LogP contribution is 2.13. The normalized spacial score (nSPS) is 18.1. The fourth-order valence-electron chi connectivity index (χ4n) is 2.10. The molecule has 0 aromatic heterocycles. The predicted octanol–water partition coefficient (Wildman–Crippen LogP) is 0.609. The molecule has 1 amide bonds. The first-order chi connectivity index (χ1) is 9.87. The van der Waals surface area contributed by atoms with Crippen LogP contribution in [0.4, 0.5) is 0 Å². The van der Waals surface area contributed by atoms with Crippen LogP contribution in [0.25, 0.3) is 0 Å². The van der Waals surface area contributed by atoms with Gasteiger partial charge < -0.3 is 5.32 Å². The molecule has 1 aromatic rings. The van der Waals surface area contributed by atoms with Gasteiger partial charge in [-0.2, -0.15) is 12.7 Å². The summed E-state index contributed by atoms with van der Waals surface area (Å²) < 4.78 is 26.4. The van der Waals surface area contributed by atoms with Gasteiger partial charge in [0.25, 0.3) is 0 Å². The number of hydrogen-bond donors (Lipinski definition) is 2. The lowest BCUT2D eigenvalue weighted by Crippen LogP contribution is -2.29. The van der Waals surface area contributed by atoms with E-state index in [0.717, 1.165) is 28.5 Å².